The summed E-state index contributed by atoms with van der Waals surface area (Å²) in [5, 5.41) is 0. The number of anilines is 1. The highest BCUT2D eigenvalue weighted by molar-refractivity contribution is 6.52. The van der Waals surface area contributed by atoms with Gasteiger partial charge in [0.1, 0.15) is 5.82 Å². The number of rotatable bonds is 7. The van der Waals surface area contributed by atoms with Gasteiger partial charge in [0.05, 0.1) is 11.3 Å². The average Bonchev–Trinajstić information content (AvgIpc) is 2.67. The number of ketones is 1. The molecule has 0 atom stereocenters. The van der Waals surface area contributed by atoms with Crippen LogP contribution in [0.25, 0.3) is 0 Å². The minimum atomic E-state index is -0.592. The van der Waals surface area contributed by atoms with Crippen molar-refractivity contribution < 1.29 is 14.0 Å². The van der Waals surface area contributed by atoms with Crippen LogP contribution in [-0.4, -0.2) is 18.2 Å². The van der Waals surface area contributed by atoms with Gasteiger partial charge in [-0.15, -0.1) is 0 Å². The Balaban J connectivity index is 1.93. The topological polar surface area (TPSA) is 37.4 Å². The quantitative estimate of drug-likeness (QED) is 0.562. The number of fused-ring (bicyclic) bond motifs is 1. The zero-order valence-electron chi connectivity index (χ0n) is 11.8. The Bertz CT molecular complexity index is 513. The average molecular weight is 277 g/mol. The molecule has 0 saturated heterocycles. The van der Waals surface area contributed by atoms with Crippen molar-refractivity contribution in [2.75, 3.05) is 11.4 Å². The van der Waals surface area contributed by atoms with Crippen LogP contribution in [0.15, 0.2) is 18.2 Å². The predicted molar refractivity (Wildman–Crippen MR) is 76.5 cm³/mol. The van der Waals surface area contributed by atoms with Gasteiger partial charge in [0.25, 0.3) is 11.7 Å². The zero-order valence-corrected chi connectivity index (χ0v) is 11.8. The summed E-state index contributed by atoms with van der Waals surface area (Å²) in [5.41, 5.74) is 0.746. The van der Waals surface area contributed by atoms with E-state index in [0.29, 0.717) is 12.2 Å². The van der Waals surface area contributed by atoms with Crippen LogP contribution in [0.5, 0.6) is 0 Å². The van der Waals surface area contributed by atoms with Crippen molar-refractivity contribution in [2.45, 2.75) is 45.4 Å². The number of carbonyl (C=O) groups is 2. The van der Waals surface area contributed by atoms with Crippen LogP contribution in [0.1, 0.15) is 55.8 Å². The molecule has 20 heavy (non-hydrogen) atoms. The Kier molecular flexibility index (Phi) is 4.88. The van der Waals surface area contributed by atoms with E-state index in [4.69, 9.17) is 0 Å². The van der Waals surface area contributed by atoms with Crippen molar-refractivity contribution in [3.63, 3.8) is 0 Å². The van der Waals surface area contributed by atoms with Crippen molar-refractivity contribution in [3.05, 3.63) is 29.6 Å². The Morgan fingerprint density at radius 1 is 1.05 bits per heavy atom. The number of hydrogen-bond acceptors (Lipinski definition) is 2. The number of hydrogen-bond donors (Lipinski definition) is 0. The molecular weight excluding hydrogens is 257 g/mol. The van der Waals surface area contributed by atoms with Crippen molar-refractivity contribution in [1.82, 2.24) is 0 Å². The molecule has 1 amide bonds. The molecule has 0 saturated carbocycles. The largest absolute Gasteiger partial charge is 0.305 e. The lowest BCUT2D eigenvalue weighted by atomic mass is 10.1. The SMILES string of the molecule is CCCCCCCCN1C(=O)C(=O)c2cc(F)ccc21. The van der Waals surface area contributed by atoms with Gasteiger partial charge in [-0.25, -0.2) is 4.39 Å². The van der Waals surface area contributed by atoms with E-state index in [9.17, 15) is 14.0 Å². The monoisotopic (exact) mass is 277 g/mol. The second-order valence-electron chi connectivity index (χ2n) is 5.22. The van der Waals surface area contributed by atoms with Crippen LogP contribution >= 0.6 is 0 Å². The molecule has 0 N–H and O–H groups in total. The first-order chi connectivity index (χ1) is 9.65. The van der Waals surface area contributed by atoms with E-state index in [0.717, 1.165) is 25.3 Å². The maximum Gasteiger partial charge on any atom is 0.299 e. The van der Waals surface area contributed by atoms with E-state index in [1.165, 1.54) is 36.3 Å². The van der Waals surface area contributed by atoms with E-state index in [1.54, 1.807) is 0 Å². The third kappa shape index (κ3) is 3.06. The van der Waals surface area contributed by atoms with Crippen molar-refractivity contribution in [1.29, 1.82) is 0 Å². The molecule has 0 unspecified atom stereocenters. The van der Waals surface area contributed by atoms with E-state index < -0.39 is 17.5 Å². The molecule has 1 aliphatic heterocycles. The summed E-state index contributed by atoms with van der Waals surface area (Å²) in [6, 6.07) is 3.96. The summed E-state index contributed by atoms with van der Waals surface area (Å²) in [7, 11) is 0. The highest BCUT2D eigenvalue weighted by atomic mass is 19.1. The molecule has 108 valence electrons. The number of Topliss-reactive ketones (excluding diaryl/α,β-unsaturated/α-hetero) is 1. The van der Waals surface area contributed by atoms with Crippen LogP contribution in [0.3, 0.4) is 0 Å². The Hall–Kier alpha value is -1.71. The van der Waals surface area contributed by atoms with Crippen LogP contribution in [0.2, 0.25) is 0 Å². The van der Waals surface area contributed by atoms with Gasteiger partial charge in [0.2, 0.25) is 0 Å². The predicted octanol–water partition coefficient (Wildman–Crippen LogP) is 3.72. The molecule has 1 aromatic carbocycles. The van der Waals surface area contributed by atoms with Gasteiger partial charge in [0.15, 0.2) is 0 Å². The van der Waals surface area contributed by atoms with Gasteiger partial charge < -0.3 is 4.90 Å². The van der Waals surface area contributed by atoms with E-state index >= 15 is 0 Å². The summed E-state index contributed by atoms with van der Waals surface area (Å²) >= 11 is 0. The Labute approximate surface area is 118 Å². The normalized spacial score (nSPS) is 14.0. The lowest BCUT2D eigenvalue weighted by Gasteiger charge is -2.16. The fourth-order valence-corrected chi connectivity index (χ4v) is 2.54. The lowest BCUT2D eigenvalue weighted by Crippen LogP contribution is -2.30. The van der Waals surface area contributed by atoms with Gasteiger partial charge in [0, 0.05) is 6.54 Å². The summed E-state index contributed by atoms with van der Waals surface area (Å²) < 4.78 is 13.1. The molecular formula is C16H20FNO2. The number of halogens is 1. The molecule has 4 heteroatoms. The highest BCUT2D eigenvalue weighted by Gasteiger charge is 2.35. The molecule has 0 spiro atoms. The molecule has 0 bridgehead atoms. The van der Waals surface area contributed by atoms with E-state index in [1.807, 2.05) is 0 Å². The third-order valence-electron chi connectivity index (χ3n) is 3.67. The number of nitrogens with zero attached hydrogens (tertiary/aromatic N) is 1. The van der Waals surface area contributed by atoms with E-state index in [2.05, 4.69) is 6.92 Å². The summed E-state index contributed by atoms with van der Waals surface area (Å²) in [6.07, 6.45) is 6.74. The number of benzene rings is 1. The minimum absolute atomic E-state index is 0.195. The molecule has 1 aromatic rings. The number of unbranched alkanes of at least 4 members (excludes halogenated alkanes) is 5. The van der Waals surface area contributed by atoms with Gasteiger partial charge in [-0.2, -0.15) is 0 Å². The zero-order chi connectivity index (χ0) is 14.5. The second kappa shape index (κ2) is 6.64. The second-order valence-corrected chi connectivity index (χ2v) is 5.22. The van der Waals surface area contributed by atoms with Crippen LogP contribution in [0.4, 0.5) is 10.1 Å². The molecule has 2 rings (SSSR count). The lowest BCUT2D eigenvalue weighted by molar-refractivity contribution is -0.114. The number of amides is 1. The number of carbonyl (C=O) groups excluding carboxylic acids is 2. The molecule has 3 nitrogen and oxygen atoms in total. The van der Waals surface area contributed by atoms with Crippen LogP contribution < -0.4 is 4.90 Å². The fraction of sp³-hybridized carbons (Fsp3) is 0.500. The first-order valence-corrected chi connectivity index (χ1v) is 7.31. The van der Waals surface area contributed by atoms with Crippen LogP contribution in [-0.2, 0) is 4.79 Å². The van der Waals surface area contributed by atoms with Gasteiger partial charge in [-0.3, -0.25) is 9.59 Å². The van der Waals surface area contributed by atoms with Crippen molar-refractivity contribution >= 4 is 17.4 Å². The van der Waals surface area contributed by atoms with E-state index in [-0.39, 0.29) is 5.56 Å². The van der Waals surface area contributed by atoms with Crippen LogP contribution in [0, 0.1) is 5.82 Å². The Morgan fingerprint density at radius 3 is 2.50 bits per heavy atom. The summed E-state index contributed by atoms with van der Waals surface area (Å²) in [5.74, 6) is -1.60. The summed E-state index contributed by atoms with van der Waals surface area (Å²) in [4.78, 5) is 25.2. The fourth-order valence-electron chi connectivity index (χ4n) is 2.54. The standard InChI is InChI=1S/C16H20FNO2/c1-2-3-4-5-6-7-10-18-14-9-8-12(17)11-13(14)15(19)16(18)20/h8-9,11H,2-7,10H2,1H3. The molecule has 1 aliphatic rings. The third-order valence-corrected chi connectivity index (χ3v) is 3.67. The highest BCUT2D eigenvalue weighted by Crippen LogP contribution is 2.29. The van der Waals surface area contributed by atoms with Gasteiger partial charge in [-0.1, -0.05) is 39.0 Å². The van der Waals surface area contributed by atoms with Crippen molar-refractivity contribution in [2.24, 2.45) is 0 Å². The molecule has 0 radical (unpaired) electrons. The first kappa shape index (κ1) is 14.7. The first-order valence-electron chi connectivity index (χ1n) is 7.31. The maximum absolute atomic E-state index is 13.1. The molecule has 0 fully saturated rings. The molecule has 1 heterocycles. The smallest absolute Gasteiger partial charge is 0.299 e. The molecule has 0 aliphatic carbocycles. The minimum Gasteiger partial charge on any atom is -0.305 e. The summed E-state index contributed by atoms with van der Waals surface area (Å²) in [6.45, 7) is 2.71. The Morgan fingerprint density at radius 2 is 1.75 bits per heavy atom. The maximum atomic E-state index is 13.1. The van der Waals surface area contributed by atoms with Crippen molar-refractivity contribution in [3.8, 4) is 0 Å². The molecule has 0 aromatic heterocycles. The van der Waals surface area contributed by atoms with Gasteiger partial charge in [-0.05, 0) is 24.6 Å². The van der Waals surface area contributed by atoms with Gasteiger partial charge >= 0.3 is 0 Å².